The second-order valence-electron chi connectivity index (χ2n) is 5.04. The maximum Gasteiger partial charge on any atom is 0.116 e. The van der Waals surface area contributed by atoms with Gasteiger partial charge in [0.25, 0.3) is 0 Å². The number of phenols is 1. The van der Waals surface area contributed by atoms with E-state index in [0.717, 1.165) is 13.1 Å². The fourth-order valence-corrected chi connectivity index (χ4v) is 2.38. The number of rotatable bonds is 2. The van der Waals surface area contributed by atoms with Crippen molar-refractivity contribution in [3.8, 4) is 5.75 Å². The molecule has 1 fully saturated rings. The molecule has 1 aromatic rings. The van der Waals surface area contributed by atoms with Gasteiger partial charge in [-0.25, -0.2) is 0 Å². The Kier molecular flexibility index (Phi) is 3.49. The minimum Gasteiger partial charge on any atom is -0.508 e. The van der Waals surface area contributed by atoms with Crippen LogP contribution < -0.4 is 5.32 Å². The fraction of sp³-hybridized carbons (Fsp3) is 0.571. The molecule has 0 amide bonds. The Balaban J connectivity index is 2.25. The van der Waals surface area contributed by atoms with Gasteiger partial charge in [-0.15, -0.1) is 0 Å². The molecule has 0 bridgehead atoms. The molecule has 16 heavy (non-hydrogen) atoms. The SMILES string of the molecule is CC(C)c1cc(O)cc(C2CCNCC2)c1. The summed E-state index contributed by atoms with van der Waals surface area (Å²) in [6, 6.07) is 6.08. The number of piperidine rings is 1. The molecular weight excluding hydrogens is 198 g/mol. The van der Waals surface area contributed by atoms with Gasteiger partial charge in [-0.1, -0.05) is 19.9 Å². The van der Waals surface area contributed by atoms with Gasteiger partial charge in [-0.05, 0) is 61.0 Å². The topological polar surface area (TPSA) is 32.3 Å². The van der Waals surface area contributed by atoms with Crippen molar-refractivity contribution in [1.29, 1.82) is 0 Å². The number of nitrogens with one attached hydrogen (secondary N) is 1. The van der Waals surface area contributed by atoms with E-state index in [9.17, 15) is 5.11 Å². The predicted octanol–water partition coefficient (Wildman–Crippen LogP) is 2.98. The van der Waals surface area contributed by atoms with Crippen LogP contribution in [-0.2, 0) is 0 Å². The van der Waals surface area contributed by atoms with Crippen molar-refractivity contribution in [1.82, 2.24) is 5.32 Å². The van der Waals surface area contributed by atoms with Gasteiger partial charge in [0.05, 0.1) is 0 Å². The van der Waals surface area contributed by atoms with Gasteiger partial charge in [0.1, 0.15) is 5.75 Å². The second-order valence-corrected chi connectivity index (χ2v) is 5.04. The van der Waals surface area contributed by atoms with Gasteiger partial charge < -0.3 is 10.4 Å². The number of hydrogen-bond acceptors (Lipinski definition) is 2. The molecule has 88 valence electrons. The van der Waals surface area contributed by atoms with E-state index in [1.165, 1.54) is 24.0 Å². The molecule has 1 heterocycles. The van der Waals surface area contributed by atoms with Crippen molar-refractivity contribution in [3.63, 3.8) is 0 Å². The third-order valence-electron chi connectivity index (χ3n) is 3.44. The Morgan fingerprint density at radius 1 is 1.19 bits per heavy atom. The van der Waals surface area contributed by atoms with Crippen molar-refractivity contribution in [3.05, 3.63) is 29.3 Å². The van der Waals surface area contributed by atoms with Gasteiger partial charge >= 0.3 is 0 Å². The quantitative estimate of drug-likeness (QED) is 0.801. The summed E-state index contributed by atoms with van der Waals surface area (Å²) in [5.74, 6) is 1.51. The molecule has 1 aliphatic heterocycles. The van der Waals surface area contributed by atoms with Gasteiger partial charge in [-0.3, -0.25) is 0 Å². The summed E-state index contributed by atoms with van der Waals surface area (Å²) < 4.78 is 0. The zero-order valence-electron chi connectivity index (χ0n) is 10.2. The van der Waals surface area contributed by atoms with Gasteiger partial charge in [0.2, 0.25) is 0 Å². The molecule has 1 aliphatic rings. The van der Waals surface area contributed by atoms with E-state index in [-0.39, 0.29) is 0 Å². The first-order chi connectivity index (χ1) is 7.66. The first-order valence-electron chi connectivity index (χ1n) is 6.21. The number of hydrogen-bond donors (Lipinski definition) is 2. The van der Waals surface area contributed by atoms with Crippen LogP contribution in [0.2, 0.25) is 0 Å². The monoisotopic (exact) mass is 219 g/mol. The molecule has 2 nitrogen and oxygen atoms in total. The van der Waals surface area contributed by atoms with Crippen LogP contribution in [0.25, 0.3) is 0 Å². The van der Waals surface area contributed by atoms with E-state index < -0.39 is 0 Å². The van der Waals surface area contributed by atoms with Crippen molar-refractivity contribution >= 4 is 0 Å². The van der Waals surface area contributed by atoms with Crippen molar-refractivity contribution < 1.29 is 5.11 Å². The molecule has 2 rings (SSSR count). The minimum atomic E-state index is 0.416. The highest BCUT2D eigenvalue weighted by atomic mass is 16.3. The van der Waals surface area contributed by atoms with Crippen molar-refractivity contribution in [2.24, 2.45) is 0 Å². The van der Waals surface area contributed by atoms with Gasteiger partial charge in [0, 0.05) is 0 Å². The average molecular weight is 219 g/mol. The fourth-order valence-electron chi connectivity index (χ4n) is 2.38. The summed E-state index contributed by atoms with van der Waals surface area (Å²) in [5.41, 5.74) is 2.55. The minimum absolute atomic E-state index is 0.416. The predicted molar refractivity (Wildman–Crippen MR) is 67.0 cm³/mol. The summed E-state index contributed by atoms with van der Waals surface area (Å²) >= 11 is 0. The molecule has 0 saturated carbocycles. The lowest BCUT2D eigenvalue weighted by Crippen LogP contribution is -2.26. The Bertz CT molecular complexity index is 354. The highest BCUT2D eigenvalue weighted by Crippen LogP contribution is 2.31. The number of aromatic hydroxyl groups is 1. The number of benzene rings is 1. The molecule has 0 unspecified atom stereocenters. The smallest absolute Gasteiger partial charge is 0.116 e. The van der Waals surface area contributed by atoms with Crippen LogP contribution in [0.1, 0.15) is 49.7 Å². The van der Waals surface area contributed by atoms with Crippen LogP contribution in [0.15, 0.2) is 18.2 Å². The second kappa shape index (κ2) is 4.88. The molecule has 1 saturated heterocycles. The lowest BCUT2D eigenvalue weighted by atomic mass is 9.87. The number of phenolic OH excluding ortho intramolecular Hbond substituents is 1. The summed E-state index contributed by atoms with van der Waals surface area (Å²) in [7, 11) is 0. The summed E-state index contributed by atoms with van der Waals surface area (Å²) in [5, 5.41) is 13.1. The van der Waals surface area contributed by atoms with Crippen LogP contribution in [-0.4, -0.2) is 18.2 Å². The van der Waals surface area contributed by atoms with E-state index in [4.69, 9.17) is 0 Å². The highest BCUT2D eigenvalue weighted by Gasteiger charge is 2.16. The molecule has 0 radical (unpaired) electrons. The van der Waals surface area contributed by atoms with E-state index >= 15 is 0 Å². The van der Waals surface area contributed by atoms with Crippen LogP contribution in [0.3, 0.4) is 0 Å². The Hall–Kier alpha value is -1.02. The maximum absolute atomic E-state index is 9.76. The van der Waals surface area contributed by atoms with E-state index in [2.05, 4.69) is 25.2 Å². The highest BCUT2D eigenvalue weighted by molar-refractivity contribution is 5.37. The normalized spacial score (nSPS) is 17.9. The standard InChI is InChI=1S/C14H21NO/c1-10(2)12-7-13(9-14(16)8-12)11-3-5-15-6-4-11/h7-11,15-16H,3-6H2,1-2H3. The average Bonchev–Trinajstić information content (AvgIpc) is 2.29. The van der Waals surface area contributed by atoms with Crippen LogP contribution in [0.5, 0.6) is 5.75 Å². The summed E-state index contributed by atoms with van der Waals surface area (Å²) in [6.07, 6.45) is 2.36. The van der Waals surface area contributed by atoms with E-state index in [0.29, 0.717) is 17.6 Å². The third kappa shape index (κ3) is 2.56. The molecular formula is C14H21NO. The summed E-state index contributed by atoms with van der Waals surface area (Å²) in [4.78, 5) is 0. The van der Waals surface area contributed by atoms with Gasteiger partial charge in [0.15, 0.2) is 0 Å². The third-order valence-corrected chi connectivity index (χ3v) is 3.44. The molecule has 2 N–H and O–H groups in total. The zero-order chi connectivity index (χ0) is 11.5. The lowest BCUT2D eigenvalue weighted by molar-refractivity contribution is 0.450. The zero-order valence-corrected chi connectivity index (χ0v) is 10.2. The first-order valence-corrected chi connectivity index (χ1v) is 6.21. The van der Waals surface area contributed by atoms with Crippen molar-refractivity contribution in [2.45, 2.75) is 38.5 Å². The molecule has 1 aromatic carbocycles. The first kappa shape index (κ1) is 11.5. The van der Waals surface area contributed by atoms with Gasteiger partial charge in [-0.2, -0.15) is 0 Å². The molecule has 0 spiro atoms. The molecule has 0 aliphatic carbocycles. The van der Waals surface area contributed by atoms with Crippen molar-refractivity contribution in [2.75, 3.05) is 13.1 Å². The van der Waals surface area contributed by atoms with Crippen LogP contribution in [0.4, 0.5) is 0 Å². The largest absolute Gasteiger partial charge is 0.508 e. The van der Waals surface area contributed by atoms with Crippen LogP contribution in [0, 0.1) is 0 Å². The Labute approximate surface area is 97.7 Å². The van der Waals surface area contributed by atoms with E-state index in [1.54, 1.807) is 0 Å². The lowest BCUT2D eigenvalue weighted by Gasteiger charge is -2.24. The van der Waals surface area contributed by atoms with Crippen LogP contribution >= 0.6 is 0 Å². The molecule has 0 aromatic heterocycles. The Morgan fingerprint density at radius 2 is 1.88 bits per heavy atom. The summed E-state index contributed by atoms with van der Waals surface area (Å²) in [6.45, 7) is 6.52. The Morgan fingerprint density at radius 3 is 2.50 bits per heavy atom. The molecule has 2 heteroatoms. The molecule has 0 atom stereocenters. The van der Waals surface area contributed by atoms with E-state index in [1.807, 2.05) is 12.1 Å². The maximum atomic E-state index is 9.76.